The summed E-state index contributed by atoms with van der Waals surface area (Å²) in [7, 11) is 0. The van der Waals surface area contributed by atoms with E-state index in [0.29, 0.717) is 20.4 Å². The Morgan fingerprint density at radius 2 is 2.05 bits per heavy atom. The summed E-state index contributed by atoms with van der Waals surface area (Å²) < 4.78 is 0.349. The number of hydrogen-bond acceptors (Lipinski definition) is 4. The molecule has 3 N–H and O–H groups in total. The molecule has 0 aliphatic rings. The molecule has 0 radical (unpaired) electrons. The van der Waals surface area contributed by atoms with Crippen molar-refractivity contribution in [1.82, 2.24) is 10.3 Å². The van der Waals surface area contributed by atoms with E-state index in [1.165, 1.54) is 6.07 Å². The molecule has 0 bridgehead atoms. The van der Waals surface area contributed by atoms with Crippen LogP contribution in [0, 0.1) is 0 Å². The van der Waals surface area contributed by atoms with Crippen molar-refractivity contribution in [2.45, 2.75) is 0 Å². The number of nitrogens with one attached hydrogen (secondary N) is 1. The zero-order valence-corrected chi connectivity index (χ0v) is 12.2. The third-order valence-electron chi connectivity index (χ3n) is 2.51. The van der Waals surface area contributed by atoms with Crippen molar-refractivity contribution in [3.63, 3.8) is 0 Å². The summed E-state index contributed by atoms with van der Waals surface area (Å²) in [6.07, 6.45) is 0. The van der Waals surface area contributed by atoms with E-state index in [9.17, 15) is 14.7 Å². The number of fused-ring (bicyclic) bond motifs is 1. The Balaban J connectivity index is 2.52. The number of carboxylic acid groups (broad SMARTS) is 1. The first-order valence-electron chi connectivity index (χ1n) is 5.38. The van der Waals surface area contributed by atoms with Gasteiger partial charge in [-0.2, -0.15) is 0 Å². The third kappa shape index (κ3) is 2.83. The number of halogens is 2. The number of nitrogens with zero attached hydrogens (tertiary/aromatic N) is 1. The molecule has 20 heavy (non-hydrogen) atoms. The van der Waals surface area contributed by atoms with Gasteiger partial charge in [0.2, 0.25) is 0 Å². The summed E-state index contributed by atoms with van der Waals surface area (Å²) in [5, 5.41) is 22.1. The fourth-order valence-electron chi connectivity index (χ4n) is 1.63. The van der Waals surface area contributed by atoms with E-state index in [1.807, 2.05) is 0 Å². The van der Waals surface area contributed by atoms with Gasteiger partial charge in [0.15, 0.2) is 11.4 Å². The predicted molar refractivity (Wildman–Crippen MR) is 76.1 cm³/mol. The van der Waals surface area contributed by atoms with Gasteiger partial charge in [-0.05, 0) is 28.1 Å². The molecule has 0 fully saturated rings. The molecule has 1 heterocycles. The van der Waals surface area contributed by atoms with E-state index in [1.54, 1.807) is 12.1 Å². The number of aliphatic carboxylic acids is 1. The lowest BCUT2D eigenvalue weighted by molar-refractivity contribution is -0.135. The van der Waals surface area contributed by atoms with Crippen LogP contribution in [0.15, 0.2) is 22.8 Å². The molecule has 0 atom stereocenters. The average Bonchev–Trinajstić information content (AvgIpc) is 2.40. The van der Waals surface area contributed by atoms with E-state index < -0.39 is 18.4 Å². The van der Waals surface area contributed by atoms with Crippen molar-refractivity contribution in [3.05, 3.63) is 33.5 Å². The average molecular weight is 360 g/mol. The van der Waals surface area contributed by atoms with E-state index in [-0.39, 0.29) is 11.4 Å². The molecule has 1 aromatic carbocycles. The van der Waals surface area contributed by atoms with Crippen LogP contribution < -0.4 is 5.32 Å². The molecule has 8 heteroatoms. The summed E-state index contributed by atoms with van der Waals surface area (Å²) in [6, 6.07) is 4.76. The molecule has 0 saturated carbocycles. The van der Waals surface area contributed by atoms with Gasteiger partial charge in [-0.15, -0.1) is 0 Å². The second-order valence-corrected chi connectivity index (χ2v) is 5.05. The Hall–Kier alpha value is -1.86. The number of carboxylic acids is 1. The summed E-state index contributed by atoms with van der Waals surface area (Å²) >= 11 is 9.05. The molecule has 0 aliphatic carbocycles. The standard InChI is InChI=1S/C12H8BrClN2O4/c13-11-6-2-1-5(14)3-7(6)10(19)9(16-11)12(20)15-4-8(17)18/h1-3,19H,4H2,(H,15,20)(H,17,18). The Morgan fingerprint density at radius 1 is 1.35 bits per heavy atom. The summed E-state index contributed by atoms with van der Waals surface area (Å²) in [5.41, 5.74) is -0.270. The lowest BCUT2D eigenvalue weighted by atomic mass is 10.1. The topological polar surface area (TPSA) is 99.5 Å². The highest BCUT2D eigenvalue weighted by Gasteiger charge is 2.18. The van der Waals surface area contributed by atoms with Crippen LogP contribution in [-0.4, -0.2) is 33.6 Å². The minimum atomic E-state index is -1.19. The molecule has 0 aliphatic heterocycles. The summed E-state index contributed by atoms with van der Waals surface area (Å²) in [4.78, 5) is 26.1. The molecule has 1 aromatic heterocycles. The van der Waals surface area contributed by atoms with Gasteiger partial charge in [0.1, 0.15) is 11.1 Å². The van der Waals surface area contributed by atoms with Crippen LogP contribution in [0.25, 0.3) is 10.8 Å². The largest absolute Gasteiger partial charge is 0.505 e. The van der Waals surface area contributed by atoms with Crippen molar-refractivity contribution >= 4 is 50.2 Å². The number of amides is 1. The Labute approximate surface area is 126 Å². The van der Waals surface area contributed by atoms with Gasteiger partial charge in [0, 0.05) is 15.8 Å². The molecular weight excluding hydrogens is 351 g/mol. The van der Waals surface area contributed by atoms with E-state index in [0.717, 1.165) is 0 Å². The number of carbonyl (C=O) groups excluding carboxylic acids is 1. The molecule has 0 saturated heterocycles. The van der Waals surface area contributed by atoms with Gasteiger partial charge in [-0.25, -0.2) is 4.98 Å². The fraction of sp³-hybridized carbons (Fsp3) is 0.0833. The second-order valence-electron chi connectivity index (χ2n) is 3.87. The number of rotatable bonds is 3. The van der Waals surface area contributed by atoms with Crippen LogP contribution in [0.3, 0.4) is 0 Å². The van der Waals surface area contributed by atoms with Crippen LogP contribution in [-0.2, 0) is 4.79 Å². The van der Waals surface area contributed by atoms with Gasteiger partial charge in [-0.3, -0.25) is 9.59 Å². The van der Waals surface area contributed by atoms with Crippen LogP contribution >= 0.6 is 27.5 Å². The maximum Gasteiger partial charge on any atom is 0.322 e. The number of hydrogen-bond donors (Lipinski definition) is 3. The van der Waals surface area contributed by atoms with E-state index in [2.05, 4.69) is 26.2 Å². The van der Waals surface area contributed by atoms with Crippen molar-refractivity contribution in [3.8, 4) is 5.75 Å². The molecule has 0 unspecified atom stereocenters. The third-order valence-corrected chi connectivity index (χ3v) is 3.35. The zero-order chi connectivity index (χ0) is 14.9. The fourth-order valence-corrected chi connectivity index (χ4v) is 2.32. The van der Waals surface area contributed by atoms with Crippen LogP contribution in [0.1, 0.15) is 10.5 Å². The number of aromatic nitrogens is 1. The number of carbonyl (C=O) groups is 2. The molecule has 0 spiro atoms. The minimum Gasteiger partial charge on any atom is -0.505 e. The maximum absolute atomic E-state index is 11.8. The molecular formula is C12H8BrClN2O4. The van der Waals surface area contributed by atoms with Gasteiger partial charge >= 0.3 is 5.97 Å². The molecule has 104 valence electrons. The quantitative estimate of drug-likeness (QED) is 0.729. The second kappa shape index (κ2) is 5.64. The number of pyridine rings is 1. The zero-order valence-electron chi connectivity index (χ0n) is 9.85. The van der Waals surface area contributed by atoms with Crippen LogP contribution in [0.5, 0.6) is 5.75 Å². The van der Waals surface area contributed by atoms with Gasteiger partial charge in [-0.1, -0.05) is 17.7 Å². The highest BCUT2D eigenvalue weighted by atomic mass is 79.9. The Kier molecular flexibility index (Phi) is 4.10. The highest BCUT2D eigenvalue weighted by molar-refractivity contribution is 9.10. The Bertz CT molecular complexity index is 720. The summed E-state index contributed by atoms with van der Waals surface area (Å²) in [5.74, 6) is -2.33. The monoisotopic (exact) mass is 358 g/mol. The van der Waals surface area contributed by atoms with Crippen LogP contribution in [0.4, 0.5) is 0 Å². The van der Waals surface area contributed by atoms with E-state index in [4.69, 9.17) is 16.7 Å². The maximum atomic E-state index is 11.8. The van der Waals surface area contributed by atoms with Crippen molar-refractivity contribution in [2.24, 2.45) is 0 Å². The van der Waals surface area contributed by atoms with Crippen LogP contribution in [0.2, 0.25) is 5.02 Å². The lowest BCUT2D eigenvalue weighted by Crippen LogP contribution is -2.30. The smallest absolute Gasteiger partial charge is 0.322 e. The Morgan fingerprint density at radius 3 is 2.70 bits per heavy atom. The van der Waals surface area contributed by atoms with E-state index >= 15 is 0 Å². The van der Waals surface area contributed by atoms with Crippen molar-refractivity contribution < 1.29 is 19.8 Å². The molecule has 1 amide bonds. The van der Waals surface area contributed by atoms with Crippen molar-refractivity contribution in [2.75, 3.05) is 6.54 Å². The van der Waals surface area contributed by atoms with Gasteiger partial charge in [0.25, 0.3) is 5.91 Å². The first kappa shape index (κ1) is 14.5. The van der Waals surface area contributed by atoms with Gasteiger partial charge in [0.05, 0.1) is 0 Å². The normalized spacial score (nSPS) is 10.5. The van der Waals surface area contributed by atoms with Gasteiger partial charge < -0.3 is 15.5 Å². The predicted octanol–water partition coefficient (Wildman–Crippen LogP) is 2.17. The lowest BCUT2D eigenvalue weighted by Gasteiger charge is -2.09. The SMILES string of the molecule is O=C(O)CNC(=O)c1nc(Br)c2ccc(Cl)cc2c1O. The number of benzene rings is 1. The minimum absolute atomic E-state index is 0.270. The molecule has 2 rings (SSSR count). The summed E-state index contributed by atoms with van der Waals surface area (Å²) in [6.45, 7) is -0.564. The number of aromatic hydroxyl groups is 1. The molecule has 2 aromatic rings. The molecule has 6 nitrogen and oxygen atoms in total. The highest BCUT2D eigenvalue weighted by Crippen LogP contribution is 2.33. The first-order valence-corrected chi connectivity index (χ1v) is 6.55. The van der Waals surface area contributed by atoms with Crippen molar-refractivity contribution in [1.29, 1.82) is 0 Å². The first-order chi connectivity index (χ1) is 9.40.